The van der Waals surface area contributed by atoms with Crippen LogP contribution >= 0.6 is 12.4 Å². The Morgan fingerprint density at radius 2 is 2.10 bits per heavy atom. The molecule has 21 heavy (non-hydrogen) atoms. The van der Waals surface area contributed by atoms with Gasteiger partial charge in [0, 0.05) is 19.2 Å². The first kappa shape index (κ1) is 17.9. The molecule has 0 aromatic heterocycles. The first-order valence-corrected chi connectivity index (χ1v) is 6.88. The van der Waals surface area contributed by atoms with Gasteiger partial charge in [0.05, 0.1) is 12.1 Å². The second-order valence-electron chi connectivity index (χ2n) is 5.40. The van der Waals surface area contributed by atoms with Crippen LogP contribution < -0.4 is 11.1 Å². The highest BCUT2D eigenvalue weighted by atomic mass is 35.5. The number of methoxy groups -OCH3 is 1. The van der Waals surface area contributed by atoms with E-state index in [1.165, 1.54) is 13.2 Å². The van der Waals surface area contributed by atoms with Crippen LogP contribution in [-0.2, 0) is 22.7 Å². The molecular formula is C15H22ClFN2O2. The standard InChI is InChI=1S/C15H21FN2O2.ClH/c1-20-10-12-8-11(4-5-13(12)16)9-18-14(19)15(17)6-2-3-7-15;/h4-5,8H,2-3,6-7,9-10,17H2,1H3,(H,18,19);1H. The Labute approximate surface area is 130 Å². The summed E-state index contributed by atoms with van der Waals surface area (Å²) < 4.78 is 18.4. The second kappa shape index (κ2) is 7.73. The molecule has 4 nitrogen and oxygen atoms in total. The predicted molar refractivity (Wildman–Crippen MR) is 81.6 cm³/mol. The summed E-state index contributed by atoms with van der Waals surface area (Å²) in [6.45, 7) is 0.573. The minimum Gasteiger partial charge on any atom is -0.380 e. The van der Waals surface area contributed by atoms with Gasteiger partial charge in [-0.3, -0.25) is 4.79 Å². The molecule has 1 aromatic carbocycles. The lowest BCUT2D eigenvalue weighted by Crippen LogP contribution is -2.51. The van der Waals surface area contributed by atoms with E-state index in [2.05, 4.69) is 5.32 Å². The lowest BCUT2D eigenvalue weighted by atomic mass is 9.98. The molecule has 0 heterocycles. The minimum atomic E-state index is -0.727. The highest BCUT2D eigenvalue weighted by molar-refractivity contribution is 5.86. The molecule has 0 radical (unpaired) electrons. The van der Waals surface area contributed by atoms with Gasteiger partial charge in [0.25, 0.3) is 0 Å². The summed E-state index contributed by atoms with van der Waals surface area (Å²) in [7, 11) is 1.52. The van der Waals surface area contributed by atoms with Crippen LogP contribution in [0.2, 0.25) is 0 Å². The summed E-state index contributed by atoms with van der Waals surface area (Å²) in [6, 6.07) is 4.76. The van der Waals surface area contributed by atoms with Crippen LogP contribution in [0.5, 0.6) is 0 Å². The Hall–Kier alpha value is -1.17. The highest BCUT2D eigenvalue weighted by Crippen LogP contribution is 2.27. The lowest BCUT2D eigenvalue weighted by Gasteiger charge is -2.22. The van der Waals surface area contributed by atoms with Gasteiger partial charge in [-0.05, 0) is 30.5 Å². The second-order valence-corrected chi connectivity index (χ2v) is 5.40. The third kappa shape index (κ3) is 4.40. The molecule has 1 aliphatic carbocycles. The van der Waals surface area contributed by atoms with Crippen LogP contribution in [0.15, 0.2) is 18.2 Å². The minimum absolute atomic E-state index is 0. The molecular weight excluding hydrogens is 295 g/mol. The van der Waals surface area contributed by atoms with E-state index in [1.54, 1.807) is 12.1 Å². The number of rotatable bonds is 5. The highest BCUT2D eigenvalue weighted by Gasteiger charge is 2.36. The van der Waals surface area contributed by atoms with Crippen LogP contribution in [-0.4, -0.2) is 18.6 Å². The smallest absolute Gasteiger partial charge is 0.240 e. The zero-order valence-electron chi connectivity index (χ0n) is 12.2. The molecule has 2 rings (SSSR count). The third-order valence-corrected chi connectivity index (χ3v) is 3.81. The Bertz CT molecular complexity index is 491. The SMILES string of the molecule is COCc1cc(CNC(=O)C2(N)CCCC2)ccc1F.Cl. The number of carbonyl (C=O) groups excluding carboxylic acids is 1. The molecule has 1 saturated carbocycles. The van der Waals surface area contributed by atoms with Crippen molar-refractivity contribution in [3.8, 4) is 0 Å². The summed E-state index contributed by atoms with van der Waals surface area (Å²) in [5.41, 5.74) is 6.68. The molecule has 1 amide bonds. The van der Waals surface area contributed by atoms with Crippen molar-refractivity contribution in [2.45, 2.75) is 44.4 Å². The fourth-order valence-electron chi connectivity index (χ4n) is 2.60. The van der Waals surface area contributed by atoms with Gasteiger partial charge in [-0.2, -0.15) is 0 Å². The molecule has 1 aliphatic rings. The van der Waals surface area contributed by atoms with Gasteiger partial charge in [0.1, 0.15) is 5.82 Å². The molecule has 0 spiro atoms. The van der Waals surface area contributed by atoms with Gasteiger partial charge >= 0.3 is 0 Å². The van der Waals surface area contributed by atoms with Crippen molar-refractivity contribution in [3.63, 3.8) is 0 Å². The molecule has 0 bridgehead atoms. The molecule has 0 aliphatic heterocycles. The number of ether oxygens (including phenoxy) is 1. The molecule has 0 unspecified atom stereocenters. The Kier molecular flexibility index (Phi) is 6.58. The van der Waals surface area contributed by atoms with E-state index in [0.29, 0.717) is 12.1 Å². The lowest BCUT2D eigenvalue weighted by molar-refractivity contribution is -0.126. The Balaban J connectivity index is 0.00000220. The van der Waals surface area contributed by atoms with Crippen LogP contribution in [0.25, 0.3) is 0 Å². The van der Waals surface area contributed by atoms with Gasteiger partial charge in [-0.1, -0.05) is 18.9 Å². The van der Waals surface area contributed by atoms with E-state index in [-0.39, 0.29) is 30.7 Å². The van der Waals surface area contributed by atoms with Crippen molar-refractivity contribution in [1.82, 2.24) is 5.32 Å². The number of hydrogen-bond donors (Lipinski definition) is 2. The summed E-state index contributed by atoms with van der Waals surface area (Å²) in [6.07, 6.45) is 3.46. The van der Waals surface area contributed by atoms with Crippen molar-refractivity contribution in [2.24, 2.45) is 5.73 Å². The van der Waals surface area contributed by atoms with E-state index < -0.39 is 5.54 Å². The van der Waals surface area contributed by atoms with Crippen LogP contribution in [0.3, 0.4) is 0 Å². The number of nitrogens with two attached hydrogens (primary N) is 1. The first-order valence-electron chi connectivity index (χ1n) is 6.88. The van der Waals surface area contributed by atoms with E-state index in [9.17, 15) is 9.18 Å². The van der Waals surface area contributed by atoms with Crippen molar-refractivity contribution in [1.29, 1.82) is 0 Å². The van der Waals surface area contributed by atoms with E-state index in [4.69, 9.17) is 10.5 Å². The zero-order chi connectivity index (χ0) is 14.6. The van der Waals surface area contributed by atoms with E-state index in [1.807, 2.05) is 0 Å². The number of carbonyl (C=O) groups is 1. The summed E-state index contributed by atoms with van der Waals surface area (Å²) in [5.74, 6) is -0.416. The number of hydrogen-bond acceptors (Lipinski definition) is 3. The Morgan fingerprint density at radius 3 is 2.71 bits per heavy atom. The van der Waals surface area contributed by atoms with Crippen molar-refractivity contribution < 1.29 is 13.9 Å². The quantitative estimate of drug-likeness (QED) is 0.876. The number of nitrogens with one attached hydrogen (secondary N) is 1. The van der Waals surface area contributed by atoms with Crippen LogP contribution in [0.1, 0.15) is 36.8 Å². The van der Waals surface area contributed by atoms with Crippen LogP contribution in [0, 0.1) is 5.82 Å². The topological polar surface area (TPSA) is 64.3 Å². The monoisotopic (exact) mass is 316 g/mol. The molecule has 0 saturated heterocycles. The van der Waals surface area contributed by atoms with E-state index in [0.717, 1.165) is 31.2 Å². The summed E-state index contributed by atoms with van der Waals surface area (Å²) in [4.78, 5) is 12.1. The normalized spacial score (nSPS) is 16.3. The maximum absolute atomic E-state index is 13.5. The van der Waals surface area contributed by atoms with Gasteiger partial charge in [-0.25, -0.2) is 4.39 Å². The number of halogens is 2. The zero-order valence-corrected chi connectivity index (χ0v) is 13.0. The largest absolute Gasteiger partial charge is 0.380 e. The fourth-order valence-corrected chi connectivity index (χ4v) is 2.60. The summed E-state index contributed by atoms with van der Waals surface area (Å²) >= 11 is 0. The molecule has 0 atom stereocenters. The molecule has 118 valence electrons. The first-order chi connectivity index (χ1) is 9.55. The summed E-state index contributed by atoms with van der Waals surface area (Å²) in [5, 5.41) is 2.84. The van der Waals surface area contributed by atoms with Crippen molar-refractivity contribution in [2.75, 3.05) is 7.11 Å². The third-order valence-electron chi connectivity index (χ3n) is 3.81. The van der Waals surface area contributed by atoms with Gasteiger partial charge < -0.3 is 15.8 Å². The van der Waals surface area contributed by atoms with Crippen molar-refractivity contribution >= 4 is 18.3 Å². The molecule has 1 aromatic rings. The van der Waals surface area contributed by atoms with Crippen LogP contribution in [0.4, 0.5) is 4.39 Å². The number of amides is 1. The maximum Gasteiger partial charge on any atom is 0.240 e. The molecule has 6 heteroatoms. The maximum atomic E-state index is 13.5. The molecule has 1 fully saturated rings. The fraction of sp³-hybridized carbons (Fsp3) is 0.533. The average molecular weight is 317 g/mol. The van der Waals surface area contributed by atoms with Crippen molar-refractivity contribution in [3.05, 3.63) is 35.1 Å². The Morgan fingerprint density at radius 1 is 1.43 bits per heavy atom. The van der Waals surface area contributed by atoms with Gasteiger partial charge in [0.15, 0.2) is 0 Å². The predicted octanol–water partition coefficient (Wildman–Crippen LogP) is 2.28. The number of benzene rings is 1. The molecule has 3 N–H and O–H groups in total. The van der Waals surface area contributed by atoms with Gasteiger partial charge in [-0.15, -0.1) is 12.4 Å². The van der Waals surface area contributed by atoms with Gasteiger partial charge in [0.2, 0.25) is 5.91 Å². The van der Waals surface area contributed by atoms with E-state index >= 15 is 0 Å². The average Bonchev–Trinajstić information content (AvgIpc) is 2.88.